The molecule has 0 radical (unpaired) electrons. The van der Waals surface area contributed by atoms with Crippen molar-refractivity contribution in [1.29, 1.82) is 0 Å². The van der Waals surface area contributed by atoms with Crippen LogP contribution in [0.25, 0.3) is 0 Å². The van der Waals surface area contributed by atoms with Crippen molar-refractivity contribution in [2.75, 3.05) is 13.6 Å². The van der Waals surface area contributed by atoms with Crippen LogP contribution in [0.15, 0.2) is 4.99 Å². The molecule has 5 saturated carbocycles. The summed E-state index contributed by atoms with van der Waals surface area (Å²) in [5, 5.41) is 0. The van der Waals surface area contributed by atoms with Gasteiger partial charge < -0.3 is 10.6 Å². The van der Waals surface area contributed by atoms with Crippen LogP contribution in [0.5, 0.6) is 0 Å². The van der Waals surface area contributed by atoms with Gasteiger partial charge in [0, 0.05) is 19.6 Å². The SMILES string of the molecule is CN(C(N)=NCC1C2CC3CC(C2)CC1C3)C1CC1.I. The van der Waals surface area contributed by atoms with E-state index in [1.54, 1.807) is 0 Å². The lowest BCUT2D eigenvalue weighted by Crippen LogP contribution is -2.46. The number of nitrogens with zero attached hydrogens (tertiary/aromatic N) is 2. The molecule has 5 aliphatic carbocycles. The molecule has 0 spiro atoms. The van der Waals surface area contributed by atoms with Gasteiger partial charge >= 0.3 is 0 Å². The molecule has 2 N–H and O–H groups in total. The van der Waals surface area contributed by atoms with E-state index >= 15 is 0 Å². The van der Waals surface area contributed by atoms with Gasteiger partial charge in [0.15, 0.2) is 5.96 Å². The summed E-state index contributed by atoms with van der Waals surface area (Å²) < 4.78 is 0. The van der Waals surface area contributed by atoms with Gasteiger partial charge in [-0.1, -0.05) is 0 Å². The van der Waals surface area contributed by atoms with Crippen molar-refractivity contribution in [3.05, 3.63) is 0 Å². The van der Waals surface area contributed by atoms with Gasteiger partial charge in [0.1, 0.15) is 0 Å². The molecule has 0 heterocycles. The predicted molar refractivity (Wildman–Crippen MR) is 93.2 cm³/mol. The van der Waals surface area contributed by atoms with E-state index in [1.165, 1.54) is 44.9 Å². The Hall–Kier alpha value is 0. The molecule has 5 aliphatic rings. The van der Waals surface area contributed by atoms with Gasteiger partial charge in [-0.3, -0.25) is 4.99 Å². The lowest BCUT2D eigenvalue weighted by molar-refractivity contribution is -0.0320. The molecular weight excluding hydrogens is 361 g/mol. The molecule has 0 saturated heterocycles. The van der Waals surface area contributed by atoms with Crippen LogP contribution in [0.1, 0.15) is 44.9 Å². The van der Waals surface area contributed by atoms with E-state index in [9.17, 15) is 0 Å². The van der Waals surface area contributed by atoms with Crippen LogP contribution in [-0.4, -0.2) is 30.5 Å². The maximum atomic E-state index is 6.14. The van der Waals surface area contributed by atoms with Gasteiger partial charge in [-0.25, -0.2) is 0 Å². The van der Waals surface area contributed by atoms with Gasteiger partial charge in [-0.15, -0.1) is 24.0 Å². The van der Waals surface area contributed by atoms with Crippen molar-refractivity contribution in [2.45, 2.75) is 51.0 Å². The van der Waals surface area contributed by atoms with Gasteiger partial charge in [-0.05, 0) is 74.5 Å². The second-order valence-electron chi connectivity index (χ2n) is 7.64. The van der Waals surface area contributed by atoms with E-state index in [0.29, 0.717) is 6.04 Å². The van der Waals surface area contributed by atoms with Crippen molar-refractivity contribution >= 4 is 29.9 Å². The van der Waals surface area contributed by atoms with Crippen LogP contribution in [0.4, 0.5) is 0 Å². The van der Waals surface area contributed by atoms with Crippen LogP contribution >= 0.6 is 24.0 Å². The molecule has 114 valence electrons. The third-order valence-electron chi connectivity index (χ3n) is 6.34. The van der Waals surface area contributed by atoms with Gasteiger partial charge in [0.25, 0.3) is 0 Å². The van der Waals surface area contributed by atoms with Crippen LogP contribution < -0.4 is 5.73 Å². The number of guanidine groups is 1. The maximum Gasteiger partial charge on any atom is 0.191 e. The third-order valence-corrected chi connectivity index (χ3v) is 6.34. The summed E-state index contributed by atoms with van der Waals surface area (Å²) in [6, 6.07) is 0.683. The van der Waals surface area contributed by atoms with Crippen molar-refractivity contribution in [2.24, 2.45) is 40.3 Å². The number of hydrogen-bond acceptors (Lipinski definition) is 1. The predicted octanol–water partition coefficient (Wildman–Crippen LogP) is 3.09. The fraction of sp³-hybridized carbons (Fsp3) is 0.938. The molecule has 0 aromatic heterocycles. The van der Waals surface area contributed by atoms with Crippen molar-refractivity contribution < 1.29 is 0 Å². The van der Waals surface area contributed by atoms with Gasteiger partial charge in [0.05, 0.1) is 0 Å². The number of nitrogens with two attached hydrogens (primary N) is 1. The molecule has 0 aromatic carbocycles. The standard InChI is InChI=1S/C16H27N3.HI/c1-19(14-2-3-14)16(17)18-9-15-12-5-10-4-11(7-12)8-13(15)6-10;/h10-15H,2-9H2,1H3,(H2,17,18);1H. The molecule has 4 heteroatoms. The van der Waals surface area contributed by atoms with E-state index in [4.69, 9.17) is 10.7 Å². The molecule has 4 bridgehead atoms. The molecule has 0 atom stereocenters. The minimum absolute atomic E-state index is 0. The maximum absolute atomic E-state index is 6.14. The molecule has 5 fully saturated rings. The lowest BCUT2D eigenvalue weighted by atomic mass is 9.52. The topological polar surface area (TPSA) is 41.6 Å². The minimum atomic E-state index is 0. The minimum Gasteiger partial charge on any atom is -0.370 e. The Bertz CT molecular complexity index is 363. The smallest absolute Gasteiger partial charge is 0.191 e. The monoisotopic (exact) mass is 389 g/mol. The van der Waals surface area contributed by atoms with Crippen molar-refractivity contribution in [1.82, 2.24) is 4.90 Å². The fourth-order valence-electron chi connectivity index (χ4n) is 5.30. The van der Waals surface area contributed by atoms with E-state index in [-0.39, 0.29) is 24.0 Å². The van der Waals surface area contributed by atoms with Crippen LogP contribution in [0, 0.1) is 29.6 Å². The summed E-state index contributed by atoms with van der Waals surface area (Å²) in [6.07, 6.45) is 10.1. The average Bonchev–Trinajstić information content (AvgIpc) is 3.20. The summed E-state index contributed by atoms with van der Waals surface area (Å²) >= 11 is 0. The van der Waals surface area contributed by atoms with Crippen molar-refractivity contribution in [3.63, 3.8) is 0 Å². The number of hydrogen-bond donors (Lipinski definition) is 1. The second-order valence-corrected chi connectivity index (χ2v) is 7.64. The highest BCUT2D eigenvalue weighted by molar-refractivity contribution is 14.0. The zero-order valence-corrected chi connectivity index (χ0v) is 14.8. The quantitative estimate of drug-likeness (QED) is 0.458. The van der Waals surface area contributed by atoms with E-state index in [0.717, 1.165) is 42.1 Å². The Morgan fingerprint density at radius 1 is 1.05 bits per heavy atom. The fourth-order valence-corrected chi connectivity index (χ4v) is 5.30. The largest absolute Gasteiger partial charge is 0.370 e. The van der Waals surface area contributed by atoms with Crippen LogP contribution in [0.3, 0.4) is 0 Å². The van der Waals surface area contributed by atoms with Crippen molar-refractivity contribution in [3.8, 4) is 0 Å². The zero-order valence-electron chi connectivity index (χ0n) is 12.5. The number of rotatable bonds is 3. The summed E-state index contributed by atoms with van der Waals surface area (Å²) in [5.74, 6) is 5.71. The molecule has 0 aromatic rings. The zero-order chi connectivity index (χ0) is 13.0. The normalized spacial score (nSPS) is 42.5. The molecule has 5 rings (SSSR count). The molecule has 3 nitrogen and oxygen atoms in total. The summed E-state index contributed by atoms with van der Waals surface area (Å²) in [6.45, 7) is 0.998. The van der Waals surface area contributed by atoms with Crippen LogP contribution in [-0.2, 0) is 0 Å². The van der Waals surface area contributed by atoms with E-state index in [2.05, 4.69) is 11.9 Å². The first kappa shape index (κ1) is 14.9. The Morgan fingerprint density at radius 3 is 2.10 bits per heavy atom. The highest BCUT2D eigenvalue weighted by Crippen LogP contribution is 2.56. The Labute approximate surface area is 139 Å². The number of aliphatic imine (C=N–C) groups is 1. The summed E-state index contributed by atoms with van der Waals surface area (Å²) in [4.78, 5) is 6.94. The van der Waals surface area contributed by atoms with E-state index < -0.39 is 0 Å². The Morgan fingerprint density at radius 2 is 1.60 bits per heavy atom. The first-order chi connectivity index (χ1) is 9.20. The number of halogens is 1. The summed E-state index contributed by atoms with van der Waals surface area (Å²) in [5.41, 5.74) is 6.14. The van der Waals surface area contributed by atoms with Gasteiger partial charge in [-0.2, -0.15) is 0 Å². The molecule has 0 unspecified atom stereocenters. The first-order valence-electron chi connectivity index (χ1n) is 8.23. The summed E-state index contributed by atoms with van der Waals surface area (Å²) in [7, 11) is 2.10. The van der Waals surface area contributed by atoms with Crippen LogP contribution in [0.2, 0.25) is 0 Å². The lowest BCUT2D eigenvalue weighted by Gasteiger charge is -2.54. The van der Waals surface area contributed by atoms with E-state index in [1.807, 2.05) is 0 Å². The third kappa shape index (κ3) is 2.69. The molecule has 20 heavy (non-hydrogen) atoms. The Balaban J connectivity index is 0.00000121. The molecule has 0 amide bonds. The molecular formula is C16H28IN3. The Kier molecular flexibility index (Phi) is 4.22. The first-order valence-corrected chi connectivity index (χ1v) is 8.23. The molecule has 0 aliphatic heterocycles. The second kappa shape index (κ2) is 5.65. The van der Waals surface area contributed by atoms with Gasteiger partial charge in [0.2, 0.25) is 0 Å². The highest BCUT2D eigenvalue weighted by Gasteiger charge is 2.47. The highest BCUT2D eigenvalue weighted by atomic mass is 127. The average molecular weight is 389 g/mol.